The molecule has 0 aliphatic heterocycles. The minimum absolute atomic E-state index is 0.0781. The van der Waals surface area contributed by atoms with Crippen molar-refractivity contribution >= 4 is 0 Å². The van der Waals surface area contributed by atoms with Gasteiger partial charge in [0.25, 0.3) is 0 Å². The molecule has 0 aliphatic rings. The molecule has 0 saturated heterocycles. The van der Waals surface area contributed by atoms with Gasteiger partial charge in [-0.3, -0.25) is 0 Å². The molecule has 0 bridgehead atoms. The molecule has 0 fully saturated rings. The van der Waals surface area contributed by atoms with E-state index in [0.717, 1.165) is 11.1 Å². The lowest BCUT2D eigenvalue weighted by atomic mass is 10.1. The number of hydrogen-bond donors (Lipinski definition) is 2. The van der Waals surface area contributed by atoms with Gasteiger partial charge >= 0.3 is 0 Å². The molecule has 1 aromatic heterocycles. The monoisotopic (exact) mass is 259 g/mol. The van der Waals surface area contributed by atoms with Crippen LogP contribution in [0.15, 0.2) is 42.6 Å². The molecule has 0 saturated carbocycles. The summed E-state index contributed by atoms with van der Waals surface area (Å²) in [5.74, 6) is 1.16. The number of rotatable bonds is 5. The first-order valence-corrected chi connectivity index (χ1v) is 6.21. The number of benzene rings is 1. The molecule has 1 atom stereocenters. The highest BCUT2D eigenvalue weighted by molar-refractivity contribution is 5.36. The van der Waals surface area contributed by atoms with Crippen LogP contribution in [0.3, 0.4) is 0 Å². The molecule has 2 rings (SSSR count). The van der Waals surface area contributed by atoms with Crippen molar-refractivity contribution in [2.24, 2.45) is 0 Å². The van der Waals surface area contributed by atoms with E-state index in [9.17, 15) is 5.11 Å². The van der Waals surface area contributed by atoms with E-state index in [4.69, 9.17) is 9.84 Å². The van der Waals surface area contributed by atoms with E-state index in [1.165, 1.54) is 0 Å². The van der Waals surface area contributed by atoms with Gasteiger partial charge in [0.05, 0.1) is 6.10 Å². The second-order valence-electron chi connectivity index (χ2n) is 4.29. The molecule has 1 heterocycles. The maximum atomic E-state index is 9.41. The second kappa shape index (κ2) is 6.31. The van der Waals surface area contributed by atoms with Crippen molar-refractivity contribution in [1.82, 2.24) is 4.98 Å². The first-order valence-electron chi connectivity index (χ1n) is 6.21. The number of aliphatic hydroxyl groups is 2. The fourth-order valence-electron chi connectivity index (χ4n) is 1.74. The van der Waals surface area contributed by atoms with Crippen LogP contribution in [0, 0.1) is 0 Å². The van der Waals surface area contributed by atoms with Gasteiger partial charge in [0.2, 0.25) is 5.88 Å². The number of hydrogen-bond acceptors (Lipinski definition) is 4. The highest BCUT2D eigenvalue weighted by atomic mass is 16.5. The standard InChI is InChI=1S/C15H17NO3/c1-11(18)13-6-7-15(16-10-13)19-14-5-3-2-4-12(14)8-9-17/h2-7,10-11,17-18H,8-9H2,1H3/t11-/m0/s1. The molecule has 19 heavy (non-hydrogen) atoms. The molecule has 4 nitrogen and oxygen atoms in total. The van der Waals surface area contributed by atoms with Crippen molar-refractivity contribution in [2.45, 2.75) is 19.4 Å². The SMILES string of the molecule is C[C@H](O)c1ccc(Oc2ccccc2CCO)nc1. The number of aliphatic hydroxyl groups excluding tert-OH is 2. The van der Waals surface area contributed by atoms with Crippen LogP contribution in [0.5, 0.6) is 11.6 Å². The van der Waals surface area contributed by atoms with Crippen molar-refractivity contribution in [3.05, 3.63) is 53.7 Å². The minimum atomic E-state index is -0.539. The number of nitrogens with zero attached hydrogens (tertiary/aromatic N) is 1. The highest BCUT2D eigenvalue weighted by Crippen LogP contribution is 2.24. The lowest BCUT2D eigenvalue weighted by Gasteiger charge is -2.10. The average Bonchev–Trinajstić information content (AvgIpc) is 2.42. The van der Waals surface area contributed by atoms with Crippen molar-refractivity contribution in [3.63, 3.8) is 0 Å². The van der Waals surface area contributed by atoms with Gasteiger partial charge in [0, 0.05) is 18.9 Å². The summed E-state index contributed by atoms with van der Waals surface area (Å²) in [6, 6.07) is 11.0. The normalized spacial score (nSPS) is 12.2. The molecule has 0 aliphatic carbocycles. The molecule has 100 valence electrons. The zero-order valence-electron chi connectivity index (χ0n) is 10.8. The maximum absolute atomic E-state index is 9.41. The minimum Gasteiger partial charge on any atom is -0.439 e. The summed E-state index contributed by atoms with van der Waals surface area (Å²) in [5, 5.41) is 18.4. The van der Waals surface area contributed by atoms with Crippen LogP contribution in [-0.2, 0) is 6.42 Å². The quantitative estimate of drug-likeness (QED) is 0.865. The largest absolute Gasteiger partial charge is 0.439 e. The van der Waals surface area contributed by atoms with Crippen LogP contribution in [0.1, 0.15) is 24.2 Å². The van der Waals surface area contributed by atoms with E-state index < -0.39 is 6.10 Å². The molecular weight excluding hydrogens is 242 g/mol. The van der Waals surface area contributed by atoms with Crippen LogP contribution >= 0.6 is 0 Å². The van der Waals surface area contributed by atoms with E-state index in [-0.39, 0.29) is 6.61 Å². The lowest BCUT2D eigenvalue weighted by Crippen LogP contribution is -1.97. The number of ether oxygens (including phenoxy) is 1. The lowest BCUT2D eigenvalue weighted by molar-refractivity contribution is 0.198. The molecular formula is C15H17NO3. The fraction of sp³-hybridized carbons (Fsp3) is 0.267. The highest BCUT2D eigenvalue weighted by Gasteiger charge is 2.06. The van der Waals surface area contributed by atoms with Gasteiger partial charge in [-0.05, 0) is 36.6 Å². The Morgan fingerprint density at radius 2 is 2.00 bits per heavy atom. The third kappa shape index (κ3) is 3.53. The Labute approximate surface area is 112 Å². The summed E-state index contributed by atoms with van der Waals surface area (Å²) in [7, 11) is 0. The average molecular weight is 259 g/mol. The van der Waals surface area contributed by atoms with Crippen LogP contribution in [-0.4, -0.2) is 21.8 Å². The first kappa shape index (κ1) is 13.5. The molecule has 0 unspecified atom stereocenters. The zero-order chi connectivity index (χ0) is 13.7. The molecule has 4 heteroatoms. The smallest absolute Gasteiger partial charge is 0.219 e. The van der Waals surface area contributed by atoms with Crippen LogP contribution < -0.4 is 4.74 Å². The van der Waals surface area contributed by atoms with Gasteiger partial charge < -0.3 is 14.9 Å². The third-order valence-corrected chi connectivity index (χ3v) is 2.81. The summed E-state index contributed by atoms with van der Waals surface area (Å²) < 4.78 is 5.69. The van der Waals surface area contributed by atoms with E-state index in [1.54, 1.807) is 25.3 Å². The van der Waals surface area contributed by atoms with E-state index in [1.807, 2.05) is 24.3 Å². The first-order chi connectivity index (χ1) is 9.20. The Bertz CT molecular complexity index is 523. The topological polar surface area (TPSA) is 62.6 Å². The Morgan fingerprint density at radius 3 is 2.63 bits per heavy atom. The van der Waals surface area contributed by atoms with Gasteiger partial charge in [0.1, 0.15) is 5.75 Å². The molecule has 0 spiro atoms. The summed E-state index contributed by atoms with van der Waals surface area (Å²) in [4.78, 5) is 4.15. The van der Waals surface area contributed by atoms with Crippen molar-refractivity contribution < 1.29 is 14.9 Å². The Kier molecular flexibility index (Phi) is 4.49. The third-order valence-electron chi connectivity index (χ3n) is 2.81. The van der Waals surface area contributed by atoms with Crippen LogP contribution in [0.4, 0.5) is 0 Å². The summed E-state index contributed by atoms with van der Waals surface area (Å²) in [5.41, 5.74) is 1.68. The summed E-state index contributed by atoms with van der Waals surface area (Å²) >= 11 is 0. The fourth-order valence-corrected chi connectivity index (χ4v) is 1.74. The van der Waals surface area contributed by atoms with E-state index in [2.05, 4.69) is 4.98 Å². The molecule has 0 amide bonds. The molecule has 0 radical (unpaired) electrons. The van der Waals surface area contributed by atoms with Crippen LogP contribution in [0.2, 0.25) is 0 Å². The van der Waals surface area contributed by atoms with E-state index in [0.29, 0.717) is 18.1 Å². The second-order valence-corrected chi connectivity index (χ2v) is 4.29. The van der Waals surface area contributed by atoms with Crippen molar-refractivity contribution in [3.8, 4) is 11.6 Å². The molecule has 1 aromatic carbocycles. The molecule has 2 N–H and O–H groups in total. The van der Waals surface area contributed by atoms with Crippen molar-refractivity contribution in [1.29, 1.82) is 0 Å². The number of pyridine rings is 1. The Morgan fingerprint density at radius 1 is 1.21 bits per heavy atom. The number of aromatic nitrogens is 1. The van der Waals surface area contributed by atoms with Gasteiger partial charge in [-0.25, -0.2) is 4.98 Å². The molecule has 2 aromatic rings. The predicted octanol–water partition coefficient (Wildman–Crippen LogP) is 2.46. The Balaban J connectivity index is 2.16. The van der Waals surface area contributed by atoms with Crippen LogP contribution in [0.25, 0.3) is 0 Å². The van der Waals surface area contributed by atoms with Gasteiger partial charge in [-0.15, -0.1) is 0 Å². The van der Waals surface area contributed by atoms with Gasteiger partial charge in [-0.2, -0.15) is 0 Å². The van der Waals surface area contributed by atoms with Gasteiger partial charge in [-0.1, -0.05) is 18.2 Å². The Hall–Kier alpha value is -1.91. The summed E-state index contributed by atoms with van der Waals surface area (Å²) in [6.07, 6.45) is 1.60. The van der Waals surface area contributed by atoms with Gasteiger partial charge in [0.15, 0.2) is 0 Å². The summed E-state index contributed by atoms with van der Waals surface area (Å²) in [6.45, 7) is 1.77. The maximum Gasteiger partial charge on any atom is 0.219 e. The van der Waals surface area contributed by atoms with E-state index >= 15 is 0 Å². The predicted molar refractivity (Wildman–Crippen MR) is 72.2 cm³/mol. The van der Waals surface area contributed by atoms with Crippen molar-refractivity contribution in [2.75, 3.05) is 6.61 Å². The zero-order valence-corrected chi connectivity index (χ0v) is 10.8. The number of para-hydroxylation sites is 1.